The van der Waals surface area contributed by atoms with Crippen molar-refractivity contribution in [2.24, 2.45) is 5.92 Å². The van der Waals surface area contributed by atoms with E-state index in [9.17, 15) is 4.79 Å². The van der Waals surface area contributed by atoms with E-state index < -0.39 is 0 Å². The Kier molecular flexibility index (Phi) is 4.19. The van der Waals surface area contributed by atoms with Gasteiger partial charge in [-0.2, -0.15) is 4.98 Å². The second kappa shape index (κ2) is 7.19. The van der Waals surface area contributed by atoms with Crippen LogP contribution >= 0.6 is 0 Å². The van der Waals surface area contributed by atoms with E-state index in [0.717, 1.165) is 49.1 Å². The molecule has 1 fully saturated rings. The van der Waals surface area contributed by atoms with Gasteiger partial charge in [0.2, 0.25) is 11.9 Å². The summed E-state index contributed by atoms with van der Waals surface area (Å²) in [4.78, 5) is 23.3. The summed E-state index contributed by atoms with van der Waals surface area (Å²) in [6, 6.07) is 14.7. The standard InChI is InChI=1S/C24H22N6O/c31-23(17-5-6-17)27-24-26-22-20(4-2-11-30(22)28-24)18-7-8-21-19(13-18)9-12-29(21)15-16-3-1-10-25-14-16/h1-4,7-8,10-11,13-14,17H,5-6,9,12,15H2,(H,27,28,31). The van der Waals surface area contributed by atoms with Gasteiger partial charge in [0.15, 0.2) is 5.65 Å². The fourth-order valence-electron chi connectivity index (χ4n) is 4.26. The predicted molar refractivity (Wildman–Crippen MR) is 119 cm³/mol. The molecule has 6 rings (SSSR count). The van der Waals surface area contributed by atoms with Gasteiger partial charge in [-0.1, -0.05) is 12.1 Å². The molecular weight excluding hydrogens is 388 g/mol. The van der Waals surface area contributed by atoms with Crippen molar-refractivity contribution in [2.45, 2.75) is 25.8 Å². The van der Waals surface area contributed by atoms with Crippen molar-refractivity contribution in [3.8, 4) is 11.1 Å². The van der Waals surface area contributed by atoms with E-state index in [2.05, 4.69) is 55.6 Å². The smallest absolute Gasteiger partial charge is 0.249 e. The Morgan fingerprint density at radius 1 is 1.16 bits per heavy atom. The first-order valence-electron chi connectivity index (χ1n) is 10.7. The Balaban J connectivity index is 1.30. The van der Waals surface area contributed by atoms with Crippen LogP contribution in [0.1, 0.15) is 24.0 Å². The summed E-state index contributed by atoms with van der Waals surface area (Å²) in [6.07, 6.45) is 8.53. The second-order valence-corrected chi connectivity index (χ2v) is 8.27. The summed E-state index contributed by atoms with van der Waals surface area (Å²) in [5.41, 5.74) is 6.70. The van der Waals surface area contributed by atoms with Gasteiger partial charge >= 0.3 is 0 Å². The Hall–Kier alpha value is -3.74. The van der Waals surface area contributed by atoms with E-state index in [-0.39, 0.29) is 11.8 Å². The molecule has 0 unspecified atom stereocenters. The number of pyridine rings is 2. The maximum atomic E-state index is 12.1. The van der Waals surface area contributed by atoms with Gasteiger partial charge in [-0.25, -0.2) is 4.52 Å². The highest BCUT2D eigenvalue weighted by molar-refractivity contribution is 5.93. The topological polar surface area (TPSA) is 75.4 Å². The Bertz CT molecular complexity index is 1280. The number of hydrogen-bond acceptors (Lipinski definition) is 5. The highest BCUT2D eigenvalue weighted by Gasteiger charge is 2.30. The maximum Gasteiger partial charge on any atom is 0.249 e. The summed E-state index contributed by atoms with van der Waals surface area (Å²) in [5, 5.41) is 7.29. The molecule has 1 aromatic carbocycles. The molecule has 4 heterocycles. The monoisotopic (exact) mass is 410 g/mol. The summed E-state index contributed by atoms with van der Waals surface area (Å²) < 4.78 is 1.74. The zero-order chi connectivity index (χ0) is 20.8. The van der Waals surface area contributed by atoms with Crippen LogP contribution in [0.4, 0.5) is 11.6 Å². The molecule has 31 heavy (non-hydrogen) atoms. The molecular formula is C24H22N6O. The number of fused-ring (bicyclic) bond motifs is 2. The number of hydrogen-bond donors (Lipinski definition) is 1. The lowest BCUT2D eigenvalue weighted by molar-refractivity contribution is -0.117. The third-order valence-electron chi connectivity index (χ3n) is 6.02. The van der Waals surface area contributed by atoms with Crippen molar-refractivity contribution in [1.82, 2.24) is 19.6 Å². The van der Waals surface area contributed by atoms with E-state index in [1.807, 2.05) is 30.7 Å². The van der Waals surface area contributed by atoms with Crippen LogP contribution in [0.25, 0.3) is 16.8 Å². The molecule has 1 amide bonds. The van der Waals surface area contributed by atoms with Crippen LogP contribution in [0.2, 0.25) is 0 Å². The van der Waals surface area contributed by atoms with Crippen LogP contribution in [0.5, 0.6) is 0 Å². The van der Waals surface area contributed by atoms with Gasteiger partial charge in [0.05, 0.1) is 0 Å². The molecule has 1 aliphatic heterocycles. The van der Waals surface area contributed by atoms with Crippen molar-refractivity contribution in [1.29, 1.82) is 0 Å². The first-order valence-corrected chi connectivity index (χ1v) is 10.7. The molecule has 0 radical (unpaired) electrons. The molecule has 4 aromatic rings. The number of rotatable bonds is 5. The third-order valence-corrected chi connectivity index (χ3v) is 6.02. The first kappa shape index (κ1) is 18.1. The minimum Gasteiger partial charge on any atom is -0.367 e. The van der Waals surface area contributed by atoms with Gasteiger partial charge in [-0.15, -0.1) is 5.10 Å². The maximum absolute atomic E-state index is 12.1. The number of carbonyl (C=O) groups is 1. The molecule has 154 valence electrons. The van der Waals surface area contributed by atoms with Gasteiger partial charge in [0.1, 0.15) is 0 Å². The Morgan fingerprint density at radius 3 is 2.94 bits per heavy atom. The van der Waals surface area contributed by atoms with E-state index in [1.54, 1.807) is 4.52 Å². The number of benzene rings is 1. The van der Waals surface area contributed by atoms with E-state index >= 15 is 0 Å². The Labute approximate surface area is 179 Å². The lowest BCUT2D eigenvalue weighted by Crippen LogP contribution is -2.19. The number of aromatic nitrogens is 4. The largest absolute Gasteiger partial charge is 0.367 e. The molecule has 0 atom stereocenters. The molecule has 1 N–H and O–H groups in total. The first-order chi connectivity index (χ1) is 15.2. The lowest BCUT2D eigenvalue weighted by Gasteiger charge is -2.19. The molecule has 7 heteroatoms. The normalized spacial score (nSPS) is 15.3. The number of carbonyl (C=O) groups excluding carboxylic acids is 1. The molecule has 1 saturated carbocycles. The van der Waals surface area contributed by atoms with Crippen molar-refractivity contribution >= 4 is 23.2 Å². The number of anilines is 2. The van der Waals surface area contributed by atoms with Crippen molar-refractivity contribution < 1.29 is 4.79 Å². The van der Waals surface area contributed by atoms with E-state index in [0.29, 0.717) is 5.95 Å². The van der Waals surface area contributed by atoms with Crippen LogP contribution in [0.3, 0.4) is 0 Å². The van der Waals surface area contributed by atoms with Crippen molar-refractivity contribution in [2.75, 3.05) is 16.8 Å². The SMILES string of the molecule is O=C(Nc1nc2c(-c3ccc4c(c3)CCN4Cc3cccnc3)cccn2n1)C1CC1. The highest BCUT2D eigenvalue weighted by Crippen LogP contribution is 2.34. The molecule has 0 spiro atoms. The Morgan fingerprint density at radius 2 is 2.10 bits per heavy atom. The lowest BCUT2D eigenvalue weighted by atomic mass is 10.0. The predicted octanol–water partition coefficient (Wildman–Crippen LogP) is 3.70. The number of nitrogens with zero attached hydrogens (tertiary/aromatic N) is 5. The van der Waals surface area contributed by atoms with Crippen LogP contribution in [-0.2, 0) is 17.8 Å². The molecule has 0 saturated heterocycles. The van der Waals surface area contributed by atoms with Crippen LogP contribution in [-0.4, -0.2) is 32.0 Å². The fraction of sp³-hybridized carbons (Fsp3) is 0.250. The minimum absolute atomic E-state index is 0.0173. The van der Waals surface area contributed by atoms with E-state index in [4.69, 9.17) is 0 Å². The highest BCUT2D eigenvalue weighted by atomic mass is 16.2. The molecule has 3 aromatic heterocycles. The molecule has 7 nitrogen and oxygen atoms in total. The zero-order valence-electron chi connectivity index (χ0n) is 17.0. The quantitative estimate of drug-likeness (QED) is 0.543. The van der Waals surface area contributed by atoms with Crippen molar-refractivity contribution in [3.05, 3.63) is 72.2 Å². The van der Waals surface area contributed by atoms with Gasteiger partial charge in [-0.3, -0.25) is 15.1 Å². The van der Waals surface area contributed by atoms with E-state index in [1.165, 1.54) is 16.8 Å². The minimum atomic E-state index is 0.0173. The molecule has 1 aliphatic carbocycles. The van der Waals surface area contributed by atoms with Gasteiger partial charge in [-0.05, 0) is 66.3 Å². The number of nitrogens with one attached hydrogen (secondary N) is 1. The summed E-state index contributed by atoms with van der Waals surface area (Å²) in [5.74, 6) is 0.509. The van der Waals surface area contributed by atoms with Crippen molar-refractivity contribution in [3.63, 3.8) is 0 Å². The summed E-state index contributed by atoms with van der Waals surface area (Å²) >= 11 is 0. The fourth-order valence-corrected chi connectivity index (χ4v) is 4.26. The van der Waals surface area contributed by atoms with Gasteiger partial charge < -0.3 is 4.90 Å². The summed E-state index contributed by atoms with van der Waals surface area (Å²) in [6.45, 7) is 1.87. The van der Waals surface area contributed by atoms with Crippen LogP contribution in [0.15, 0.2) is 61.1 Å². The second-order valence-electron chi connectivity index (χ2n) is 8.27. The summed E-state index contributed by atoms with van der Waals surface area (Å²) in [7, 11) is 0. The average molecular weight is 410 g/mol. The third kappa shape index (κ3) is 3.42. The average Bonchev–Trinajstić information content (AvgIpc) is 3.46. The van der Waals surface area contributed by atoms with Gasteiger partial charge in [0, 0.05) is 48.8 Å². The molecule has 0 bridgehead atoms. The number of amides is 1. The van der Waals surface area contributed by atoms with Gasteiger partial charge in [0.25, 0.3) is 0 Å². The van der Waals surface area contributed by atoms with Crippen LogP contribution in [0, 0.1) is 5.92 Å². The van der Waals surface area contributed by atoms with Crippen LogP contribution < -0.4 is 10.2 Å². The molecule has 2 aliphatic rings. The zero-order valence-corrected chi connectivity index (χ0v) is 17.0.